The van der Waals surface area contributed by atoms with Gasteiger partial charge in [0.15, 0.2) is 11.5 Å². The third-order valence-electron chi connectivity index (χ3n) is 4.32. The molecule has 0 fully saturated rings. The molecule has 0 aromatic heterocycles. The second-order valence-corrected chi connectivity index (χ2v) is 6.14. The molecule has 150 valence electrons. The normalized spacial score (nSPS) is 11.4. The first-order valence-electron chi connectivity index (χ1n) is 8.84. The summed E-state index contributed by atoms with van der Waals surface area (Å²) in [4.78, 5) is 23.8. The minimum absolute atomic E-state index is 0.115. The van der Waals surface area contributed by atoms with Gasteiger partial charge in [0.05, 0.1) is 21.3 Å². The maximum absolute atomic E-state index is 12.3. The zero-order valence-corrected chi connectivity index (χ0v) is 16.2. The topological polar surface area (TPSA) is 94.1 Å². The van der Waals surface area contributed by atoms with Crippen LogP contribution in [0.15, 0.2) is 42.5 Å². The van der Waals surface area contributed by atoms with Crippen LogP contribution in [0.2, 0.25) is 0 Å². The number of carbonyl (C=O) groups is 2. The van der Waals surface area contributed by atoms with Crippen molar-refractivity contribution in [2.45, 2.75) is 25.3 Å². The van der Waals surface area contributed by atoms with Gasteiger partial charge >= 0.3 is 5.97 Å². The van der Waals surface area contributed by atoms with E-state index in [1.165, 1.54) is 21.3 Å². The van der Waals surface area contributed by atoms with Crippen LogP contribution < -0.4 is 19.5 Å². The van der Waals surface area contributed by atoms with Crippen molar-refractivity contribution in [1.82, 2.24) is 5.32 Å². The van der Waals surface area contributed by atoms with Crippen molar-refractivity contribution in [3.8, 4) is 17.2 Å². The van der Waals surface area contributed by atoms with Crippen LogP contribution in [-0.4, -0.2) is 44.4 Å². The van der Waals surface area contributed by atoms with Crippen molar-refractivity contribution >= 4 is 11.9 Å². The van der Waals surface area contributed by atoms with Crippen LogP contribution in [0.3, 0.4) is 0 Å². The van der Waals surface area contributed by atoms with Crippen molar-refractivity contribution < 1.29 is 28.9 Å². The molecule has 0 aliphatic heterocycles. The smallest absolute Gasteiger partial charge is 0.326 e. The van der Waals surface area contributed by atoms with Gasteiger partial charge in [0.1, 0.15) is 6.04 Å². The van der Waals surface area contributed by atoms with Gasteiger partial charge in [0.25, 0.3) is 0 Å². The van der Waals surface area contributed by atoms with E-state index in [1.54, 1.807) is 12.1 Å². The highest BCUT2D eigenvalue weighted by atomic mass is 16.5. The summed E-state index contributed by atoms with van der Waals surface area (Å²) in [7, 11) is 4.56. The van der Waals surface area contributed by atoms with Gasteiger partial charge in [-0.25, -0.2) is 4.79 Å². The molecule has 0 saturated carbocycles. The van der Waals surface area contributed by atoms with Gasteiger partial charge in [-0.05, 0) is 23.6 Å². The molecule has 7 nitrogen and oxygen atoms in total. The highest BCUT2D eigenvalue weighted by molar-refractivity contribution is 5.84. The summed E-state index contributed by atoms with van der Waals surface area (Å²) in [6, 6.07) is 11.7. The van der Waals surface area contributed by atoms with E-state index in [0.29, 0.717) is 23.7 Å². The minimum atomic E-state index is -1.07. The molecule has 0 radical (unpaired) electrons. The highest BCUT2D eigenvalue weighted by Crippen LogP contribution is 2.40. The van der Waals surface area contributed by atoms with E-state index >= 15 is 0 Å². The Hall–Kier alpha value is -3.22. The third-order valence-corrected chi connectivity index (χ3v) is 4.32. The molecule has 0 saturated heterocycles. The second-order valence-electron chi connectivity index (χ2n) is 6.14. The van der Waals surface area contributed by atoms with Gasteiger partial charge < -0.3 is 24.6 Å². The van der Waals surface area contributed by atoms with Gasteiger partial charge in [-0.2, -0.15) is 0 Å². The molecular weight excluding hydrogens is 362 g/mol. The number of carboxylic acid groups (broad SMARTS) is 1. The number of amides is 1. The number of rotatable bonds is 10. The Morgan fingerprint density at radius 3 is 2.21 bits per heavy atom. The SMILES string of the molecule is COc1ccc(CCC(=O)N[C@@H](Cc2ccccc2)C(=O)O)c(OC)c1OC. The number of aryl methyl sites for hydroxylation is 1. The molecule has 28 heavy (non-hydrogen) atoms. The number of hydrogen-bond acceptors (Lipinski definition) is 5. The summed E-state index contributed by atoms with van der Waals surface area (Å²) < 4.78 is 16.0. The molecule has 0 aliphatic carbocycles. The molecule has 7 heteroatoms. The summed E-state index contributed by atoms with van der Waals surface area (Å²) in [6.07, 6.45) is 0.707. The predicted octanol–water partition coefficient (Wildman–Crippen LogP) is 2.46. The lowest BCUT2D eigenvalue weighted by Gasteiger charge is -2.17. The van der Waals surface area contributed by atoms with Gasteiger partial charge in [-0.3, -0.25) is 4.79 Å². The number of ether oxygens (including phenoxy) is 3. The zero-order valence-electron chi connectivity index (χ0n) is 16.2. The number of nitrogens with one attached hydrogen (secondary N) is 1. The lowest BCUT2D eigenvalue weighted by atomic mass is 10.0. The fourth-order valence-corrected chi connectivity index (χ4v) is 2.92. The molecule has 0 unspecified atom stereocenters. The summed E-state index contributed by atoms with van der Waals surface area (Å²) in [5.41, 5.74) is 1.61. The van der Waals surface area contributed by atoms with E-state index in [1.807, 2.05) is 30.3 Å². The molecule has 2 aromatic rings. The Labute approximate surface area is 164 Å². The maximum Gasteiger partial charge on any atom is 0.326 e. The largest absolute Gasteiger partial charge is 0.493 e. The van der Waals surface area contributed by atoms with Gasteiger partial charge in [-0.15, -0.1) is 0 Å². The minimum Gasteiger partial charge on any atom is -0.493 e. The molecule has 0 spiro atoms. The van der Waals surface area contributed by atoms with Gasteiger partial charge in [0.2, 0.25) is 11.7 Å². The third kappa shape index (κ3) is 5.39. The lowest BCUT2D eigenvalue weighted by Crippen LogP contribution is -2.42. The zero-order chi connectivity index (χ0) is 20.5. The standard InChI is InChI=1S/C21H25NO6/c1-26-17-11-9-15(19(27-2)20(17)28-3)10-12-18(23)22-16(21(24)25)13-14-7-5-4-6-8-14/h4-9,11,16H,10,12-13H2,1-3H3,(H,22,23)(H,24,25)/t16-/m0/s1. The molecule has 2 N–H and O–H groups in total. The van der Waals surface area contributed by atoms with E-state index in [0.717, 1.165) is 11.1 Å². The number of methoxy groups -OCH3 is 3. The molecule has 1 amide bonds. The first-order chi connectivity index (χ1) is 13.5. The first-order valence-corrected chi connectivity index (χ1v) is 8.84. The highest BCUT2D eigenvalue weighted by Gasteiger charge is 2.21. The van der Waals surface area contributed by atoms with E-state index in [4.69, 9.17) is 14.2 Å². The Bertz CT molecular complexity index is 806. The Morgan fingerprint density at radius 1 is 0.964 bits per heavy atom. The number of carbonyl (C=O) groups excluding carboxylic acids is 1. The molecule has 0 aliphatic rings. The summed E-state index contributed by atoms with van der Waals surface area (Å²) in [5, 5.41) is 12.0. The van der Waals surface area contributed by atoms with Crippen LogP contribution in [-0.2, 0) is 22.4 Å². The Kier molecular flexibility index (Phi) is 7.68. The monoisotopic (exact) mass is 387 g/mol. The maximum atomic E-state index is 12.3. The molecule has 2 aromatic carbocycles. The molecular formula is C21H25NO6. The van der Waals surface area contributed by atoms with Crippen molar-refractivity contribution in [3.63, 3.8) is 0 Å². The van der Waals surface area contributed by atoms with Crippen LogP contribution in [0, 0.1) is 0 Å². The predicted molar refractivity (Wildman–Crippen MR) is 104 cm³/mol. The molecule has 2 rings (SSSR count). The van der Waals surface area contributed by atoms with E-state index in [9.17, 15) is 14.7 Å². The van der Waals surface area contributed by atoms with E-state index in [-0.39, 0.29) is 18.7 Å². The summed E-state index contributed by atoms with van der Waals surface area (Å²) >= 11 is 0. The van der Waals surface area contributed by atoms with Crippen molar-refractivity contribution in [2.75, 3.05) is 21.3 Å². The second kappa shape index (κ2) is 10.2. The first kappa shape index (κ1) is 21.1. The van der Waals surface area contributed by atoms with Gasteiger partial charge in [-0.1, -0.05) is 36.4 Å². The van der Waals surface area contributed by atoms with Crippen LogP contribution in [0.4, 0.5) is 0 Å². The molecule has 1 atom stereocenters. The summed E-state index contributed by atoms with van der Waals surface area (Å²) in [6.45, 7) is 0. The summed E-state index contributed by atoms with van der Waals surface area (Å²) in [5.74, 6) is 0.0616. The fourth-order valence-electron chi connectivity index (χ4n) is 2.92. The van der Waals surface area contributed by atoms with Crippen molar-refractivity contribution in [3.05, 3.63) is 53.6 Å². The number of carboxylic acids is 1. The Balaban J connectivity index is 2.03. The van der Waals surface area contributed by atoms with E-state index < -0.39 is 12.0 Å². The molecule has 0 bridgehead atoms. The van der Waals surface area contributed by atoms with Crippen LogP contribution in [0.1, 0.15) is 17.5 Å². The number of hydrogen-bond donors (Lipinski definition) is 2. The van der Waals surface area contributed by atoms with Crippen molar-refractivity contribution in [2.24, 2.45) is 0 Å². The average Bonchev–Trinajstić information content (AvgIpc) is 2.71. The lowest BCUT2D eigenvalue weighted by molar-refractivity contribution is -0.141. The van der Waals surface area contributed by atoms with Crippen LogP contribution in [0.25, 0.3) is 0 Å². The number of benzene rings is 2. The fraction of sp³-hybridized carbons (Fsp3) is 0.333. The van der Waals surface area contributed by atoms with Gasteiger partial charge in [0, 0.05) is 12.8 Å². The Morgan fingerprint density at radius 2 is 1.64 bits per heavy atom. The molecule has 0 heterocycles. The average molecular weight is 387 g/mol. The van der Waals surface area contributed by atoms with E-state index in [2.05, 4.69) is 5.32 Å². The quantitative estimate of drug-likeness (QED) is 0.650. The van der Waals surface area contributed by atoms with Crippen LogP contribution >= 0.6 is 0 Å². The van der Waals surface area contributed by atoms with Crippen molar-refractivity contribution in [1.29, 1.82) is 0 Å². The van der Waals surface area contributed by atoms with Crippen LogP contribution in [0.5, 0.6) is 17.2 Å². The number of aliphatic carboxylic acids is 1.